The molecule has 0 atom stereocenters. The molecule has 0 amide bonds. The first-order valence-electron chi connectivity index (χ1n) is 6.60. The van der Waals surface area contributed by atoms with Crippen LogP contribution in [0.5, 0.6) is 5.75 Å². The summed E-state index contributed by atoms with van der Waals surface area (Å²) in [5, 5.41) is 17.9. The van der Waals surface area contributed by atoms with Gasteiger partial charge in [0, 0.05) is 10.4 Å². The van der Waals surface area contributed by atoms with E-state index in [0.29, 0.717) is 12.3 Å². The smallest absolute Gasteiger partial charge is 0.510 e. The van der Waals surface area contributed by atoms with Gasteiger partial charge in [-0.1, -0.05) is 13.8 Å². The van der Waals surface area contributed by atoms with E-state index in [1.54, 1.807) is 26.8 Å². The standard InChI is InChI=1S/C12H22BNO5S2/c1-8(2)6-9-7-10(19-13(15)16)11(20-9)21(17,18)14-12(3,4)5/h7-8,14-16H,6H2,1-5H3. The van der Waals surface area contributed by atoms with Gasteiger partial charge in [-0.2, -0.15) is 0 Å². The summed E-state index contributed by atoms with van der Waals surface area (Å²) in [5.74, 6) is 0.309. The van der Waals surface area contributed by atoms with Crippen molar-refractivity contribution in [1.82, 2.24) is 4.72 Å². The van der Waals surface area contributed by atoms with E-state index >= 15 is 0 Å². The van der Waals surface area contributed by atoms with Gasteiger partial charge in [-0.3, -0.25) is 0 Å². The summed E-state index contributed by atoms with van der Waals surface area (Å²) in [4.78, 5) is 0.815. The molecule has 0 radical (unpaired) electrons. The van der Waals surface area contributed by atoms with Gasteiger partial charge in [0.1, 0.15) is 5.75 Å². The molecule has 0 aliphatic heterocycles. The lowest BCUT2D eigenvalue weighted by Crippen LogP contribution is -2.40. The van der Waals surface area contributed by atoms with Crippen molar-refractivity contribution in [2.24, 2.45) is 5.92 Å². The highest BCUT2D eigenvalue weighted by molar-refractivity contribution is 7.91. The minimum atomic E-state index is -3.79. The molecule has 21 heavy (non-hydrogen) atoms. The average Bonchev–Trinajstić information content (AvgIpc) is 2.55. The highest BCUT2D eigenvalue weighted by atomic mass is 32.2. The maximum atomic E-state index is 12.4. The highest BCUT2D eigenvalue weighted by Crippen LogP contribution is 2.35. The lowest BCUT2D eigenvalue weighted by Gasteiger charge is -2.20. The summed E-state index contributed by atoms with van der Waals surface area (Å²) in [6, 6.07) is 1.54. The van der Waals surface area contributed by atoms with Crippen molar-refractivity contribution in [3.05, 3.63) is 10.9 Å². The number of nitrogens with one attached hydrogen (secondary N) is 1. The monoisotopic (exact) mass is 335 g/mol. The van der Waals surface area contributed by atoms with Crippen molar-refractivity contribution >= 4 is 28.7 Å². The van der Waals surface area contributed by atoms with E-state index in [9.17, 15) is 8.42 Å². The normalized spacial score (nSPS) is 12.8. The minimum Gasteiger partial charge on any atom is -0.510 e. The molecule has 0 aliphatic carbocycles. The fourth-order valence-electron chi connectivity index (χ4n) is 1.74. The zero-order chi connectivity index (χ0) is 16.4. The van der Waals surface area contributed by atoms with E-state index in [1.165, 1.54) is 0 Å². The zero-order valence-corrected chi connectivity index (χ0v) is 14.5. The fourth-order valence-corrected chi connectivity index (χ4v) is 4.92. The van der Waals surface area contributed by atoms with Crippen molar-refractivity contribution < 1.29 is 23.1 Å². The molecule has 6 nitrogen and oxygen atoms in total. The van der Waals surface area contributed by atoms with E-state index in [4.69, 9.17) is 14.7 Å². The first-order chi connectivity index (χ1) is 9.40. The Labute approximate surface area is 130 Å². The molecule has 0 fully saturated rings. The van der Waals surface area contributed by atoms with Crippen LogP contribution in [-0.2, 0) is 16.4 Å². The largest absolute Gasteiger partial charge is 0.707 e. The summed E-state index contributed by atoms with van der Waals surface area (Å²) >= 11 is 1.08. The quantitative estimate of drug-likeness (QED) is 0.683. The van der Waals surface area contributed by atoms with Crippen LogP contribution in [0.15, 0.2) is 10.3 Å². The summed E-state index contributed by atoms with van der Waals surface area (Å²) in [6.45, 7) is 9.23. The second kappa shape index (κ2) is 6.66. The Balaban J connectivity index is 3.22. The molecule has 0 spiro atoms. The van der Waals surface area contributed by atoms with Crippen LogP contribution in [-0.4, -0.2) is 31.3 Å². The van der Waals surface area contributed by atoms with Crippen LogP contribution in [0.25, 0.3) is 0 Å². The van der Waals surface area contributed by atoms with Crippen LogP contribution in [0.4, 0.5) is 0 Å². The van der Waals surface area contributed by atoms with Crippen LogP contribution in [0.1, 0.15) is 39.5 Å². The summed E-state index contributed by atoms with van der Waals surface area (Å²) in [7, 11) is -5.85. The summed E-state index contributed by atoms with van der Waals surface area (Å²) in [5.41, 5.74) is -0.643. The molecule has 120 valence electrons. The Morgan fingerprint density at radius 3 is 2.38 bits per heavy atom. The number of sulfonamides is 1. The average molecular weight is 335 g/mol. The van der Waals surface area contributed by atoms with Gasteiger partial charge in [-0.15, -0.1) is 11.3 Å². The Bertz CT molecular complexity index is 575. The van der Waals surface area contributed by atoms with Crippen LogP contribution >= 0.6 is 11.3 Å². The maximum absolute atomic E-state index is 12.4. The van der Waals surface area contributed by atoms with Gasteiger partial charge in [-0.25, -0.2) is 13.1 Å². The van der Waals surface area contributed by atoms with E-state index in [1.807, 2.05) is 13.8 Å². The minimum absolute atomic E-state index is 0.0394. The third kappa shape index (κ3) is 5.95. The van der Waals surface area contributed by atoms with Gasteiger partial charge >= 0.3 is 7.32 Å². The van der Waals surface area contributed by atoms with Crippen molar-refractivity contribution in [1.29, 1.82) is 0 Å². The molecule has 3 N–H and O–H groups in total. The molecule has 0 saturated carbocycles. The third-order valence-electron chi connectivity index (χ3n) is 2.24. The number of rotatable bonds is 6. The van der Waals surface area contributed by atoms with Crippen LogP contribution in [0.3, 0.4) is 0 Å². The highest BCUT2D eigenvalue weighted by Gasteiger charge is 2.29. The summed E-state index contributed by atoms with van der Waals surface area (Å²) in [6.07, 6.45) is 0.688. The maximum Gasteiger partial charge on any atom is 0.707 e. The molecular weight excluding hydrogens is 313 g/mol. The predicted molar refractivity (Wildman–Crippen MR) is 83.8 cm³/mol. The van der Waals surface area contributed by atoms with Crippen LogP contribution in [0.2, 0.25) is 0 Å². The van der Waals surface area contributed by atoms with Gasteiger partial charge in [0.15, 0.2) is 4.21 Å². The van der Waals surface area contributed by atoms with E-state index in [-0.39, 0.29) is 9.96 Å². The van der Waals surface area contributed by atoms with E-state index in [2.05, 4.69) is 4.72 Å². The first-order valence-corrected chi connectivity index (χ1v) is 8.90. The number of hydrogen-bond acceptors (Lipinski definition) is 6. The molecule has 0 aromatic carbocycles. The molecule has 0 saturated heterocycles. The Hall–Kier alpha value is -0.605. The molecule has 1 rings (SSSR count). The molecular formula is C12H22BNO5S2. The topological polar surface area (TPSA) is 95.9 Å². The van der Waals surface area contributed by atoms with E-state index < -0.39 is 22.9 Å². The molecule has 0 unspecified atom stereocenters. The van der Waals surface area contributed by atoms with Gasteiger partial charge in [0.25, 0.3) is 10.0 Å². The summed E-state index contributed by atoms with van der Waals surface area (Å²) < 4.78 is 32.1. The van der Waals surface area contributed by atoms with Gasteiger partial charge in [0.2, 0.25) is 0 Å². The zero-order valence-electron chi connectivity index (χ0n) is 12.9. The Kier molecular flexibility index (Phi) is 5.85. The fraction of sp³-hybridized carbons (Fsp3) is 0.667. The molecule has 0 aliphatic rings. The third-order valence-corrected chi connectivity index (χ3v) is 5.66. The molecule has 0 bridgehead atoms. The SMILES string of the molecule is CC(C)Cc1cc(OB(O)O)c(S(=O)(=O)NC(C)(C)C)s1. The molecule has 9 heteroatoms. The van der Waals surface area contributed by atoms with Gasteiger partial charge < -0.3 is 14.7 Å². The Morgan fingerprint density at radius 2 is 1.95 bits per heavy atom. The second-order valence-electron chi connectivity index (χ2n) is 6.26. The van der Waals surface area contributed by atoms with Crippen LogP contribution < -0.4 is 9.38 Å². The predicted octanol–water partition coefficient (Wildman–Crippen LogP) is 1.37. The first kappa shape index (κ1) is 18.4. The molecule has 1 aromatic heterocycles. The second-order valence-corrected chi connectivity index (χ2v) is 9.28. The number of hydrogen-bond donors (Lipinski definition) is 3. The van der Waals surface area contributed by atoms with Crippen molar-refractivity contribution in [2.45, 2.75) is 50.8 Å². The lowest BCUT2D eigenvalue weighted by atomic mass is 10.1. The van der Waals surface area contributed by atoms with Crippen LogP contribution in [0, 0.1) is 5.92 Å². The van der Waals surface area contributed by atoms with Crippen molar-refractivity contribution in [3.8, 4) is 5.75 Å². The van der Waals surface area contributed by atoms with E-state index in [0.717, 1.165) is 16.2 Å². The van der Waals surface area contributed by atoms with Gasteiger partial charge in [-0.05, 0) is 39.2 Å². The number of thiophene rings is 1. The van der Waals surface area contributed by atoms with Crippen molar-refractivity contribution in [2.75, 3.05) is 0 Å². The lowest BCUT2D eigenvalue weighted by molar-refractivity contribution is 0.286. The van der Waals surface area contributed by atoms with Crippen molar-refractivity contribution in [3.63, 3.8) is 0 Å². The molecule has 1 heterocycles. The molecule has 1 aromatic rings. The Morgan fingerprint density at radius 1 is 1.38 bits per heavy atom. The van der Waals surface area contributed by atoms with Gasteiger partial charge in [0.05, 0.1) is 0 Å².